The molecule has 1 heterocycles. The molecule has 1 aromatic heterocycles. The van der Waals surface area contributed by atoms with Crippen LogP contribution in [0, 0.1) is 6.92 Å². The molecular formula is C14H18BrN3. The fourth-order valence-corrected chi connectivity index (χ4v) is 2.64. The van der Waals surface area contributed by atoms with Crippen LogP contribution in [0.4, 0.5) is 0 Å². The van der Waals surface area contributed by atoms with Gasteiger partial charge in [-0.05, 0) is 34.8 Å². The van der Waals surface area contributed by atoms with E-state index in [4.69, 9.17) is 5.73 Å². The third-order valence-corrected chi connectivity index (χ3v) is 3.58. The Balaban J connectivity index is 2.39. The first-order valence-electron chi connectivity index (χ1n) is 6.16. The maximum atomic E-state index is 6.37. The van der Waals surface area contributed by atoms with Gasteiger partial charge in [-0.15, -0.1) is 0 Å². The second-order valence-electron chi connectivity index (χ2n) is 4.49. The lowest BCUT2D eigenvalue weighted by molar-refractivity contribution is 0.559. The van der Waals surface area contributed by atoms with Crippen molar-refractivity contribution in [2.45, 2.75) is 32.9 Å². The van der Waals surface area contributed by atoms with Crippen LogP contribution in [0.2, 0.25) is 0 Å². The maximum absolute atomic E-state index is 6.37. The van der Waals surface area contributed by atoms with Crippen molar-refractivity contribution < 1.29 is 0 Å². The van der Waals surface area contributed by atoms with Crippen molar-refractivity contribution in [2.75, 3.05) is 0 Å². The number of rotatable bonds is 4. The van der Waals surface area contributed by atoms with Gasteiger partial charge in [-0.25, -0.2) is 0 Å². The van der Waals surface area contributed by atoms with Gasteiger partial charge in [-0.3, -0.25) is 4.68 Å². The van der Waals surface area contributed by atoms with Crippen LogP contribution in [0.25, 0.3) is 0 Å². The Kier molecular flexibility index (Phi) is 4.19. The molecule has 0 aliphatic heterocycles. The largest absolute Gasteiger partial charge is 0.319 e. The fraction of sp³-hybridized carbons (Fsp3) is 0.357. The minimum absolute atomic E-state index is 0.145. The number of halogens is 1. The Labute approximate surface area is 116 Å². The van der Waals surface area contributed by atoms with E-state index in [0.717, 1.165) is 28.7 Å². The molecule has 4 heteroatoms. The summed E-state index contributed by atoms with van der Waals surface area (Å²) in [5.74, 6) is 0. The summed E-state index contributed by atoms with van der Waals surface area (Å²) in [5.41, 5.74) is 9.76. The molecule has 0 spiro atoms. The number of aromatic nitrogens is 2. The summed E-state index contributed by atoms with van der Waals surface area (Å²) in [6.07, 6.45) is 2.86. The minimum Gasteiger partial charge on any atom is -0.319 e. The Morgan fingerprint density at radius 1 is 1.44 bits per heavy atom. The lowest BCUT2D eigenvalue weighted by atomic mass is 10.0. The van der Waals surface area contributed by atoms with Crippen molar-refractivity contribution >= 4 is 15.9 Å². The number of hydrogen-bond acceptors (Lipinski definition) is 2. The highest BCUT2D eigenvalue weighted by Crippen LogP contribution is 2.27. The predicted octanol–water partition coefficient (Wildman–Crippen LogP) is 3.41. The molecule has 0 radical (unpaired) electrons. The standard InChI is InChI=1S/C14H18BrN3/c1-3-7-18-14(12(15)9-17-18)13(16)11-6-4-5-10(2)8-11/h4-6,8-9,13H,3,7,16H2,1-2H3. The third-order valence-electron chi connectivity index (χ3n) is 2.96. The van der Waals surface area contributed by atoms with Crippen molar-refractivity contribution in [2.24, 2.45) is 5.73 Å². The molecule has 0 bridgehead atoms. The van der Waals surface area contributed by atoms with Crippen LogP contribution in [-0.4, -0.2) is 9.78 Å². The lowest BCUT2D eigenvalue weighted by Crippen LogP contribution is -2.18. The van der Waals surface area contributed by atoms with Crippen molar-refractivity contribution in [3.63, 3.8) is 0 Å². The summed E-state index contributed by atoms with van der Waals surface area (Å²) in [7, 11) is 0. The molecule has 2 N–H and O–H groups in total. The molecule has 1 unspecified atom stereocenters. The zero-order valence-corrected chi connectivity index (χ0v) is 12.3. The van der Waals surface area contributed by atoms with Crippen molar-refractivity contribution in [3.8, 4) is 0 Å². The number of nitrogens with two attached hydrogens (primary N) is 1. The summed E-state index contributed by atoms with van der Waals surface area (Å²) in [6, 6.07) is 8.16. The van der Waals surface area contributed by atoms with E-state index in [9.17, 15) is 0 Å². The number of nitrogens with zero attached hydrogens (tertiary/aromatic N) is 2. The van der Waals surface area contributed by atoms with Crippen LogP contribution in [-0.2, 0) is 6.54 Å². The molecule has 18 heavy (non-hydrogen) atoms. The molecule has 1 atom stereocenters. The molecular weight excluding hydrogens is 290 g/mol. The Morgan fingerprint density at radius 2 is 2.22 bits per heavy atom. The molecule has 0 amide bonds. The smallest absolute Gasteiger partial charge is 0.0738 e. The van der Waals surface area contributed by atoms with E-state index in [2.05, 4.69) is 53.1 Å². The van der Waals surface area contributed by atoms with Crippen molar-refractivity contribution in [3.05, 3.63) is 51.8 Å². The third kappa shape index (κ3) is 2.65. The normalized spacial score (nSPS) is 12.7. The van der Waals surface area contributed by atoms with E-state index in [-0.39, 0.29) is 6.04 Å². The molecule has 2 rings (SSSR count). The summed E-state index contributed by atoms with van der Waals surface area (Å²) < 4.78 is 2.96. The topological polar surface area (TPSA) is 43.8 Å². The average molecular weight is 308 g/mol. The number of hydrogen-bond donors (Lipinski definition) is 1. The molecule has 96 valence electrons. The van der Waals surface area contributed by atoms with E-state index >= 15 is 0 Å². The summed E-state index contributed by atoms with van der Waals surface area (Å²) >= 11 is 3.54. The molecule has 0 fully saturated rings. The Morgan fingerprint density at radius 3 is 2.89 bits per heavy atom. The molecule has 0 saturated heterocycles. The van der Waals surface area contributed by atoms with Gasteiger partial charge < -0.3 is 5.73 Å². The lowest BCUT2D eigenvalue weighted by Gasteiger charge is -2.15. The van der Waals surface area contributed by atoms with Crippen molar-refractivity contribution in [1.29, 1.82) is 0 Å². The molecule has 2 aromatic rings. The van der Waals surface area contributed by atoms with Gasteiger partial charge in [0.2, 0.25) is 0 Å². The van der Waals surface area contributed by atoms with Gasteiger partial charge in [0.15, 0.2) is 0 Å². The Bertz CT molecular complexity index is 534. The van der Waals surface area contributed by atoms with Gasteiger partial charge in [0, 0.05) is 6.54 Å². The fourth-order valence-electron chi connectivity index (χ4n) is 2.09. The van der Waals surface area contributed by atoms with Crippen LogP contribution < -0.4 is 5.73 Å². The van der Waals surface area contributed by atoms with Gasteiger partial charge >= 0.3 is 0 Å². The second-order valence-corrected chi connectivity index (χ2v) is 5.35. The highest BCUT2D eigenvalue weighted by Gasteiger charge is 2.17. The quantitative estimate of drug-likeness (QED) is 0.940. The van der Waals surface area contributed by atoms with Crippen molar-refractivity contribution in [1.82, 2.24) is 9.78 Å². The SMILES string of the molecule is CCCn1ncc(Br)c1C(N)c1cccc(C)c1. The van der Waals surface area contributed by atoms with Crippen LogP contribution in [0.3, 0.4) is 0 Å². The van der Waals surface area contributed by atoms with Gasteiger partial charge in [-0.2, -0.15) is 5.10 Å². The van der Waals surface area contributed by atoms with Gasteiger partial charge in [-0.1, -0.05) is 36.8 Å². The minimum atomic E-state index is -0.145. The van der Waals surface area contributed by atoms with E-state index in [1.165, 1.54) is 5.56 Å². The monoisotopic (exact) mass is 307 g/mol. The van der Waals surface area contributed by atoms with Crippen LogP contribution >= 0.6 is 15.9 Å². The second kappa shape index (κ2) is 5.67. The maximum Gasteiger partial charge on any atom is 0.0738 e. The molecule has 3 nitrogen and oxygen atoms in total. The first-order chi connectivity index (χ1) is 8.63. The summed E-state index contributed by atoms with van der Waals surface area (Å²) in [6.45, 7) is 5.10. The zero-order valence-electron chi connectivity index (χ0n) is 10.7. The van der Waals surface area contributed by atoms with Gasteiger partial charge in [0.1, 0.15) is 0 Å². The highest BCUT2D eigenvalue weighted by atomic mass is 79.9. The number of aryl methyl sites for hydroxylation is 2. The molecule has 0 saturated carbocycles. The van der Waals surface area contributed by atoms with E-state index < -0.39 is 0 Å². The predicted molar refractivity (Wildman–Crippen MR) is 77.4 cm³/mol. The van der Waals surface area contributed by atoms with Gasteiger partial charge in [0.25, 0.3) is 0 Å². The highest BCUT2D eigenvalue weighted by molar-refractivity contribution is 9.10. The summed E-state index contributed by atoms with van der Waals surface area (Å²) in [4.78, 5) is 0. The first kappa shape index (κ1) is 13.3. The van der Waals surface area contributed by atoms with Crippen LogP contribution in [0.1, 0.15) is 36.2 Å². The molecule has 0 aliphatic carbocycles. The number of benzene rings is 1. The van der Waals surface area contributed by atoms with Crippen LogP contribution in [0.5, 0.6) is 0 Å². The zero-order chi connectivity index (χ0) is 13.1. The summed E-state index contributed by atoms with van der Waals surface area (Å²) in [5, 5.41) is 4.36. The molecule has 0 aliphatic rings. The van der Waals surface area contributed by atoms with E-state index in [0.29, 0.717) is 0 Å². The van der Waals surface area contributed by atoms with E-state index in [1.807, 2.05) is 16.9 Å². The van der Waals surface area contributed by atoms with Gasteiger partial charge in [0.05, 0.1) is 22.4 Å². The van der Waals surface area contributed by atoms with Crippen LogP contribution in [0.15, 0.2) is 34.9 Å². The Hall–Kier alpha value is -1.13. The molecule has 1 aromatic carbocycles. The average Bonchev–Trinajstić information content (AvgIpc) is 2.70. The first-order valence-corrected chi connectivity index (χ1v) is 6.96. The van der Waals surface area contributed by atoms with E-state index in [1.54, 1.807) is 0 Å².